The van der Waals surface area contributed by atoms with Crippen LogP contribution >= 0.6 is 21.9 Å². The van der Waals surface area contributed by atoms with Crippen LogP contribution in [0.15, 0.2) is 48.5 Å². The van der Waals surface area contributed by atoms with Crippen LogP contribution < -0.4 is 5.30 Å². The molecule has 2 unspecified atom stereocenters. The summed E-state index contributed by atoms with van der Waals surface area (Å²) in [5.41, 5.74) is 4.07. The van der Waals surface area contributed by atoms with Gasteiger partial charge in [-0.05, 0) is 40.1 Å². The predicted octanol–water partition coefficient (Wildman–Crippen LogP) is 4.10. The Bertz CT molecular complexity index is 520. The molecule has 0 fully saturated rings. The number of thiol groups is 1. The largest absolute Gasteiger partial charge is 0.176 e. The molecule has 2 atom stereocenters. The van der Waals surface area contributed by atoms with Gasteiger partial charge in [0.1, 0.15) is 0 Å². The second-order valence-corrected chi connectivity index (χ2v) is 6.14. The van der Waals surface area contributed by atoms with Crippen molar-refractivity contribution in [3.8, 4) is 11.1 Å². The van der Waals surface area contributed by atoms with Gasteiger partial charge in [0, 0.05) is 0 Å². The Morgan fingerprint density at radius 1 is 1.00 bits per heavy atom. The number of hydrogen-bond donors (Lipinski definition) is 1. The molecule has 0 aliphatic rings. The summed E-state index contributed by atoms with van der Waals surface area (Å²) in [6.07, 6.45) is 2.19. The van der Waals surface area contributed by atoms with E-state index in [1.165, 1.54) is 22.0 Å². The molecule has 2 aromatic carbocycles. The van der Waals surface area contributed by atoms with Crippen LogP contribution in [0.4, 0.5) is 0 Å². The van der Waals surface area contributed by atoms with Crippen LogP contribution in [-0.4, -0.2) is 5.25 Å². The van der Waals surface area contributed by atoms with E-state index in [9.17, 15) is 0 Å². The second-order valence-electron chi connectivity index (χ2n) is 4.63. The highest BCUT2D eigenvalue weighted by Crippen LogP contribution is 2.25. The molecule has 0 aliphatic carbocycles. The number of hydrogen-bond acceptors (Lipinski definition) is 1. The Hall–Kier alpha value is -0.780. The van der Waals surface area contributed by atoms with E-state index in [-0.39, 0.29) is 0 Å². The van der Waals surface area contributed by atoms with E-state index < -0.39 is 0 Å². The third kappa shape index (κ3) is 3.37. The summed E-state index contributed by atoms with van der Waals surface area (Å²) in [5.74, 6) is 0. The van der Waals surface area contributed by atoms with Gasteiger partial charge < -0.3 is 0 Å². The summed E-state index contributed by atoms with van der Waals surface area (Å²) in [6.45, 7) is 2.15. The number of benzene rings is 2. The lowest BCUT2D eigenvalue weighted by atomic mass is 9.96. The molecule has 0 spiro atoms. The summed E-state index contributed by atoms with van der Waals surface area (Å²) in [5, 5.41) is 1.70. The maximum absolute atomic E-state index is 4.47. The summed E-state index contributed by atoms with van der Waals surface area (Å²) in [6, 6.07) is 17.2. The van der Waals surface area contributed by atoms with E-state index in [4.69, 9.17) is 0 Å². The van der Waals surface area contributed by atoms with E-state index in [1.807, 2.05) is 0 Å². The van der Waals surface area contributed by atoms with Gasteiger partial charge in [-0.2, -0.15) is 12.6 Å². The molecule has 94 valence electrons. The minimum atomic E-state index is 0.448. The van der Waals surface area contributed by atoms with Gasteiger partial charge in [0.25, 0.3) is 0 Å². The Labute approximate surface area is 117 Å². The standard InChI is InChI=1S/C16H19PS/c1-12(18)10-11-13-6-2-3-7-14(13)15-8-4-5-9-16(15)17/h2-9,12,18H,10-11,17H2,1H3. The van der Waals surface area contributed by atoms with Crippen molar-refractivity contribution in [1.29, 1.82) is 0 Å². The van der Waals surface area contributed by atoms with Crippen molar-refractivity contribution >= 4 is 27.2 Å². The lowest BCUT2D eigenvalue weighted by molar-refractivity contribution is 0.817. The summed E-state index contributed by atoms with van der Waals surface area (Å²) >= 11 is 4.47. The van der Waals surface area contributed by atoms with Gasteiger partial charge in [-0.3, -0.25) is 0 Å². The number of aryl methyl sites for hydroxylation is 1. The molecular formula is C16H19PS. The maximum Gasteiger partial charge on any atom is -0.000842 e. The third-order valence-electron chi connectivity index (χ3n) is 3.10. The molecule has 0 heterocycles. The molecule has 0 bridgehead atoms. The lowest BCUT2D eigenvalue weighted by Gasteiger charge is -2.12. The van der Waals surface area contributed by atoms with Gasteiger partial charge in [0.15, 0.2) is 0 Å². The van der Waals surface area contributed by atoms with E-state index in [0.717, 1.165) is 12.8 Å². The highest BCUT2D eigenvalue weighted by atomic mass is 32.1. The lowest BCUT2D eigenvalue weighted by Crippen LogP contribution is -2.01. The molecule has 0 radical (unpaired) electrons. The first-order valence-corrected chi connectivity index (χ1v) is 7.38. The average Bonchev–Trinajstić information content (AvgIpc) is 2.37. The van der Waals surface area contributed by atoms with Crippen LogP contribution in [0.5, 0.6) is 0 Å². The van der Waals surface area contributed by atoms with E-state index in [2.05, 4.69) is 77.3 Å². The Morgan fingerprint density at radius 2 is 1.61 bits per heavy atom. The zero-order chi connectivity index (χ0) is 13.0. The van der Waals surface area contributed by atoms with Crippen molar-refractivity contribution in [2.45, 2.75) is 25.0 Å². The van der Waals surface area contributed by atoms with Gasteiger partial charge in [-0.15, -0.1) is 9.24 Å². The van der Waals surface area contributed by atoms with Crippen LogP contribution in [0.2, 0.25) is 0 Å². The molecule has 0 aliphatic heterocycles. The average molecular weight is 274 g/mol. The van der Waals surface area contributed by atoms with Gasteiger partial charge in [-0.25, -0.2) is 0 Å². The summed E-state index contributed by atoms with van der Waals surface area (Å²) < 4.78 is 0. The fraction of sp³-hybridized carbons (Fsp3) is 0.250. The minimum absolute atomic E-state index is 0.448. The van der Waals surface area contributed by atoms with Crippen LogP contribution in [0, 0.1) is 0 Å². The molecule has 0 nitrogen and oxygen atoms in total. The maximum atomic E-state index is 4.47. The SMILES string of the molecule is CC(S)CCc1ccccc1-c1ccccc1P. The van der Waals surface area contributed by atoms with Crippen LogP contribution in [0.25, 0.3) is 11.1 Å². The van der Waals surface area contributed by atoms with Crippen LogP contribution in [0.1, 0.15) is 18.9 Å². The third-order valence-corrected chi connectivity index (χ3v) is 3.86. The fourth-order valence-electron chi connectivity index (χ4n) is 2.11. The Kier molecular flexibility index (Phi) is 4.86. The molecule has 2 heteroatoms. The van der Waals surface area contributed by atoms with Gasteiger partial charge in [-0.1, -0.05) is 55.5 Å². The molecule has 0 N–H and O–H groups in total. The Morgan fingerprint density at radius 3 is 2.28 bits per heavy atom. The smallest absolute Gasteiger partial charge is 0.000842 e. The van der Waals surface area contributed by atoms with Crippen molar-refractivity contribution in [3.05, 3.63) is 54.1 Å². The highest BCUT2D eigenvalue weighted by Gasteiger charge is 2.07. The van der Waals surface area contributed by atoms with Crippen molar-refractivity contribution in [3.63, 3.8) is 0 Å². The van der Waals surface area contributed by atoms with Crippen molar-refractivity contribution in [2.24, 2.45) is 0 Å². The van der Waals surface area contributed by atoms with Crippen LogP contribution in [0.3, 0.4) is 0 Å². The number of rotatable bonds is 4. The van der Waals surface area contributed by atoms with Crippen LogP contribution in [-0.2, 0) is 6.42 Å². The topological polar surface area (TPSA) is 0 Å². The molecule has 18 heavy (non-hydrogen) atoms. The fourth-order valence-corrected chi connectivity index (χ4v) is 2.60. The normalized spacial score (nSPS) is 12.4. The first-order valence-electron chi connectivity index (χ1n) is 6.29. The van der Waals surface area contributed by atoms with E-state index in [1.54, 1.807) is 0 Å². The quantitative estimate of drug-likeness (QED) is 0.629. The molecule has 2 aromatic rings. The molecular weight excluding hydrogens is 255 g/mol. The molecule has 0 amide bonds. The van der Waals surface area contributed by atoms with Gasteiger partial charge >= 0.3 is 0 Å². The highest BCUT2D eigenvalue weighted by molar-refractivity contribution is 7.80. The second kappa shape index (κ2) is 6.41. The molecule has 0 aromatic heterocycles. The monoisotopic (exact) mass is 274 g/mol. The molecule has 0 saturated carbocycles. The predicted molar refractivity (Wildman–Crippen MR) is 88.0 cm³/mol. The van der Waals surface area contributed by atoms with E-state index in [0.29, 0.717) is 5.25 Å². The first kappa shape index (κ1) is 13.6. The first-order chi connectivity index (χ1) is 8.68. The molecule has 0 saturated heterocycles. The summed E-state index contributed by atoms with van der Waals surface area (Å²) in [4.78, 5) is 0. The van der Waals surface area contributed by atoms with Crippen molar-refractivity contribution in [2.75, 3.05) is 0 Å². The van der Waals surface area contributed by atoms with E-state index >= 15 is 0 Å². The van der Waals surface area contributed by atoms with Gasteiger partial charge in [0.2, 0.25) is 0 Å². The van der Waals surface area contributed by atoms with Gasteiger partial charge in [0.05, 0.1) is 0 Å². The summed E-state index contributed by atoms with van der Waals surface area (Å²) in [7, 11) is 2.82. The van der Waals surface area contributed by atoms with Crippen molar-refractivity contribution < 1.29 is 0 Å². The zero-order valence-corrected chi connectivity index (χ0v) is 12.7. The zero-order valence-electron chi connectivity index (χ0n) is 10.6. The minimum Gasteiger partial charge on any atom is -0.176 e. The van der Waals surface area contributed by atoms with Crippen molar-refractivity contribution in [1.82, 2.24) is 0 Å². The Balaban J connectivity index is 2.36. The molecule has 2 rings (SSSR count).